The summed E-state index contributed by atoms with van der Waals surface area (Å²) in [4.78, 5) is 20.7. The van der Waals surface area contributed by atoms with E-state index in [0.717, 1.165) is 64.7 Å². The second kappa shape index (κ2) is 10.7. The number of morpholine rings is 1. The summed E-state index contributed by atoms with van der Waals surface area (Å²) in [5, 5.41) is 7.00. The van der Waals surface area contributed by atoms with E-state index >= 15 is 0 Å². The van der Waals surface area contributed by atoms with Crippen molar-refractivity contribution in [1.82, 2.24) is 20.4 Å². The lowest BCUT2D eigenvalue weighted by Crippen LogP contribution is -2.52. The third-order valence-corrected chi connectivity index (χ3v) is 5.22. The summed E-state index contributed by atoms with van der Waals surface area (Å²) in [5.74, 6) is 1.73. The van der Waals surface area contributed by atoms with Gasteiger partial charge in [-0.3, -0.25) is 14.7 Å². The molecule has 0 aromatic heterocycles. The van der Waals surface area contributed by atoms with E-state index in [2.05, 4.69) is 34.4 Å². The molecule has 2 N–H and O–H groups in total. The number of guanidine groups is 1. The highest BCUT2D eigenvalue weighted by Gasteiger charge is 2.26. The van der Waals surface area contributed by atoms with Crippen LogP contribution >= 0.6 is 0 Å². The van der Waals surface area contributed by atoms with E-state index in [1.165, 1.54) is 0 Å². The standard InChI is InChI=1S/C19H37N5O2/c1-5-18(25)24-7-6-16(14-24)22-19(20-4)21-13-17(12-15(2)3)23-8-10-26-11-9-23/h15-17H,5-14H2,1-4H3,(H2,20,21,22). The SMILES string of the molecule is CCC(=O)N1CCC(NC(=NC)NCC(CC(C)C)N2CCOCC2)C1. The number of carbonyl (C=O) groups is 1. The van der Waals surface area contributed by atoms with Crippen LogP contribution in [0.25, 0.3) is 0 Å². The maximum Gasteiger partial charge on any atom is 0.222 e. The minimum absolute atomic E-state index is 0.238. The number of ether oxygens (including phenoxy) is 1. The largest absolute Gasteiger partial charge is 0.379 e. The van der Waals surface area contributed by atoms with Crippen LogP contribution in [0.2, 0.25) is 0 Å². The summed E-state index contributed by atoms with van der Waals surface area (Å²) in [7, 11) is 1.81. The van der Waals surface area contributed by atoms with Gasteiger partial charge in [-0.15, -0.1) is 0 Å². The van der Waals surface area contributed by atoms with E-state index in [9.17, 15) is 4.79 Å². The van der Waals surface area contributed by atoms with Crippen molar-refractivity contribution >= 4 is 11.9 Å². The van der Waals surface area contributed by atoms with E-state index in [0.29, 0.717) is 18.4 Å². The third kappa shape index (κ3) is 6.43. The fourth-order valence-electron chi connectivity index (χ4n) is 3.78. The third-order valence-electron chi connectivity index (χ3n) is 5.22. The van der Waals surface area contributed by atoms with Gasteiger partial charge in [0.15, 0.2) is 5.96 Å². The van der Waals surface area contributed by atoms with Gasteiger partial charge in [-0.2, -0.15) is 0 Å². The Labute approximate surface area is 158 Å². The van der Waals surface area contributed by atoms with Crippen molar-refractivity contribution in [3.05, 3.63) is 0 Å². The average molecular weight is 368 g/mol. The number of hydrogen-bond acceptors (Lipinski definition) is 4. The highest BCUT2D eigenvalue weighted by Crippen LogP contribution is 2.13. The Balaban J connectivity index is 1.82. The topological polar surface area (TPSA) is 69.2 Å². The van der Waals surface area contributed by atoms with Crippen LogP contribution in [0.5, 0.6) is 0 Å². The van der Waals surface area contributed by atoms with Gasteiger partial charge in [0.1, 0.15) is 0 Å². The number of amides is 1. The summed E-state index contributed by atoms with van der Waals surface area (Å²) in [6.07, 6.45) is 2.72. The van der Waals surface area contributed by atoms with Gasteiger partial charge in [-0.25, -0.2) is 0 Å². The first kappa shape index (κ1) is 21.0. The molecule has 2 atom stereocenters. The van der Waals surface area contributed by atoms with Crippen LogP contribution < -0.4 is 10.6 Å². The first-order valence-electron chi connectivity index (χ1n) is 10.1. The molecule has 0 radical (unpaired) electrons. The first-order valence-corrected chi connectivity index (χ1v) is 10.1. The van der Waals surface area contributed by atoms with Gasteiger partial charge in [0.25, 0.3) is 0 Å². The van der Waals surface area contributed by atoms with Gasteiger partial charge < -0.3 is 20.3 Å². The fraction of sp³-hybridized carbons (Fsp3) is 0.895. The Hall–Kier alpha value is -1.34. The molecule has 0 aromatic rings. The Kier molecular flexibility index (Phi) is 8.65. The molecule has 2 aliphatic heterocycles. The minimum atomic E-state index is 0.238. The van der Waals surface area contributed by atoms with Gasteiger partial charge in [0.2, 0.25) is 5.91 Å². The normalized spacial score (nSPS) is 23.3. The summed E-state index contributed by atoms with van der Waals surface area (Å²) < 4.78 is 5.50. The molecular formula is C19H37N5O2. The molecule has 2 aliphatic rings. The highest BCUT2D eigenvalue weighted by molar-refractivity contribution is 5.80. The molecule has 2 heterocycles. The molecule has 0 bridgehead atoms. The second-order valence-corrected chi connectivity index (χ2v) is 7.71. The highest BCUT2D eigenvalue weighted by atomic mass is 16.5. The smallest absolute Gasteiger partial charge is 0.222 e. The Morgan fingerprint density at radius 1 is 1.27 bits per heavy atom. The molecular weight excluding hydrogens is 330 g/mol. The lowest BCUT2D eigenvalue weighted by Gasteiger charge is -2.36. The van der Waals surface area contributed by atoms with E-state index in [4.69, 9.17) is 4.74 Å². The summed E-state index contributed by atoms with van der Waals surface area (Å²) >= 11 is 0. The lowest BCUT2D eigenvalue weighted by atomic mass is 10.0. The summed E-state index contributed by atoms with van der Waals surface area (Å²) in [5.41, 5.74) is 0. The first-order chi connectivity index (χ1) is 12.5. The Bertz CT molecular complexity index is 463. The molecule has 26 heavy (non-hydrogen) atoms. The van der Waals surface area contributed by atoms with Gasteiger partial charge in [0.05, 0.1) is 13.2 Å². The maximum atomic E-state index is 11.8. The number of carbonyl (C=O) groups excluding carboxylic acids is 1. The van der Waals surface area contributed by atoms with E-state index in [1.807, 2.05) is 18.9 Å². The molecule has 0 aromatic carbocycles. The van der Waals surface area contributed by atoms with E-state index in [1.54, 1.807) is 0 Å². The predicted molar refractivity (Wildman–Crippen MR) is 105 cm³/mol. The van der Waals surface area contributed by atoms with Crippen molar-refractivity contribution in [3.8, 4) is 0 Å². The molecule has 0 saturated carbocycles. The lowest BCUT2D eigenvalue weighted by molar-refractivity contribution is -0.129. The zero-order valence-electron chi connectivity index (χ0n) is 17.0. The molecule has 1 amide bonds. The van der Waals surface area contributed by atoms with Crippen LogP contribution in [0.15, 0.2) is 4.99 Å². The van der Waals surface area contributed by atoms with Crippen LogP contribution in [0, 0.1) is 5.92 Å². The molecule has 2 saturated heterocycles. The van der Waals surface area contributed by atoms with Gasteiger partial charge in [-0.05, 0) is 18.8 Å². The molecule has 2 fully saturated rings. The van der Waals surface area contributed by atoms with Crippen molar-refractivity contribution in [1.29, 1.82) is 0 Å². The van der Waals surface area contributed by atoms with Crippen molar-refractivity contribution in [3.63, 3.8) is 0 Å². The zero-order chi connectivity index (χ0) is 18.9. The number of nitrogens with zero attached hydrogens (tertiary/aromatic N) is 3. The van der Waals surface area contributed by atoms with Crippen LogP contribution in [0.4, 0.5) is 0 Å². The van der Waals surface area contributed by atoms with Crippen LogP contribution in [-0.4, -0.2) is 86.7 Å². The minimum Gasteiger partial charge on any atom is -0.379 e. The fourth-order valence-corrected chi connectivity index (χ4v) is 3.78. The molecule has 2 rings (SSSR count). The number of rotatable bonds is 7. The Morgan fingerprint density at radius 2 is 2.00 bits per heavy atom. The number of likely N-dealkylation sites (tertiary alicyclic amines) is 1. The molecule has 150 valence electrons. The number of nitrogens with one attached hydrogen (secondary N) is 2. The van der Waals surface area contributed by atoms with E-state index in [-0.39, 0.29) is 11.9 Å². The van der Waals surface area contributed by atoms with Gasteiger partial charge in [-0.1, -0.05) is 20.8 Å². The van der Waals surface area contributed by atoms with E-state index < -0.39 is 0 Å². The predicted octanol–water partition coefficient (Wildman–Crippen LogP) is 0.909. The molecule has 7 nitrogen and oxygen atoms in total. The van der Waals surface area contributed by atoms with Crippen LogP contribution in [-0.2, 0) is 9.53 Å². The number of aliphatic imine (C=N–C) groups is 1. The summed E-state index contributed by atoms with van der Waals surface area (Å²) in [6.45, 7) is 12.6. The molecule has 0 aliphatic carbocycles. The van der Waals surface area contributed by atoms with Crippen molar-refractivity contribution in [2.45, 2.75) is 52.1 Å². The summed E-state index contributed by atoms with van der Waals surface area (Å²) in [6, 6.07) is 0.767. The molecule has 2 unspecified atom stereocenters. The zero-order valence-corrected chi connectivity index (χ0v) is 17.0. The van der Waals surface area contributed by atoms with Gasteiger partial charge in [0, 0.05) is 58.3 Å². The van der Waals surface area contributed by atoms with Crippen LogP contribution in [0.3, 0.4) is 0 Å². The average Bonchev–Trinajstić information content (AvgIpc) is 3.12. The van der Waals surface area contributed by atoms with Crippen LogP contribution in [0.1, 0.15) is 40.0 Å². The monoisotopic (exact) mass is 367 g/mol. The maximum absolute atomic E-state index is 11.8. The molecule has 7 heteroatoms. The molecule has 0 spiro atoms. The van der Waals surface area contributed by atoms with Gasteiger partial charge >= 0.3 is 0 Å². The second-order valence-electron chi connectivity index (χ2n) is 7.71. The van der Waals surface area contributed by atoms with Crippen molar-refractivity contribution < 1.29 is 9.53 Å². The van der Waals surface area contributed by atoms with Crippen molar-refractivity contribution in [2.24, 2.45) is 10.9 Å². The Morgan fingerprint density at radius 3 is 2.62 bits per heavy atom. The quantitative estimate of drug-likeness (QED) is 0.517. The number of hydrogen-bond donors (Lipinski definition) is 2. The van der Waals surface area contributed by atoms with Crippen molar-refractivity contribution in [2.75, 3.05) is 53.0 Å².